The lowest BCUT2D eigenvalue weighted by molar-refractivity contribution is 0.0945. The predicted octanol–water partition coefficient (Wildman–Crippen LogP) is 4.74. The van der Waals surface area contributed by atoms with Crippen molar-refractivity contribution in [2.75, 3.05) is 6.54 Å². The van der Waals surface area contributed by atoms with Crippen molar-refractivity contribution in [3.63, 3.8) is 0 Å². The molecule has 6 nitrogen and oxygen atoms in total. The van der Waals surface area contributed by atoms with Crippen LogP contribution in [0, 0.1) is 0 Å². The normalized spacial score (nSPS) is 12.1. The van der Waals surface area contributed by atoms with Crippen molar-refractivity contribution < 1.29 is 4.79 Å². The van der Waals surface area contributed by atoms with Crippen LogP contribution in [-0.2, 0) is 6.54 Å². The molecule has 7 heteroatoms. The molecule has 0 spiro atoms. The number of rotatable bonds is 8. The van der Waals surface area contributed by atoms with Gasteiger partial charge in [0.25, 0.3) is 11.5 Å². The third-order valence-corrected chi connectivity index (χ3v) is 5.91. The Morgan fingerprint density at radius 1 is 1.09 bits per heavy atom. The Morgan fingerprint density at radius 2 is 1.88 bits per heavy atom. The van der Waals surface area contributed by atoms with E-state index in [9.17, 15) is 9.59 Å². The monoisotopic (exact) mass is 448 g/mol. The zero-order chi connectivity index (χ0) is 22.5. The minimum absolute atomic E-state index is 0.158. The van der Waals surface area contributed by atoms with Gasteiger partial charge in [-0.25, -0.2) is 4.68 Å². The largest absolute Gasteiger partial charge is 0.361 e. The SMILES string of the molecule is CCCCn1nc(C(=O)NCC(c2ccccc2Cl)c2c[nH]c3ccccc23)ccc1=O. The maximum absolute atomic E-state index is 12.9. The van der Waals surface area contributed by atoms with Crippen LogP contribution in [-0.4, -0.2) is 27.2 Å². The Bertz CT molecular complexity index is 1290. The number of aromatic amines is 1. The van der Waals surface area contributed by atoms with Crippen molar-refractivity contribution in [1.29, 1.82) is 0 Å². The van der Waals surface area contributed by atoms with Crippen LogP contribution in [0.2, 0.25) is 5.02 Å². The topological polar surface area (TPSA) is 79.8 Å². The van der Waals surface area contributed by atoms with Gasteiger partial charge in [-0.15, -0.1) is 0 Å². The maximum Gasteiger partial charge on any atom is 0.271 e. The first-order valence-electron chi connectivity index (χ1n) is 10.7. The molecule has 32 heavy (non-hydrogen) atoms. The molecule has 164 valence electrons. The standard InChI is InChI=1S/C25H25ClN4O2/c1-2-3-14-30-24(31)13-12-23(29-30)25(32)28-16-19(17-8-4-6-10-21(17)26)20-15-27-22-11-7-5-9-18(20)22/h4-13,15,19,27H,2-3,14,16H2,1H3,(H,28,32). The van der Waals surface area contributed by atoms with Gasteiger partial charge in [-0.05, 0) is 35.7 Å². The number of carbonyl (C=O) groups is 1. The van der Waals surface area contributed by atoms with Gasteiger partial charge in [0, 0.05) is 47.2 Å². The second kappa shape index (κ2) is 9.83. The van der Waals surface area contributed by atoms with Crippen LogP contribution < -0.4 is 10.9 Å². The lowest BCUT2D eigenvalue weighted by Gasteiger charge is -2.19. The van der Waals surface area contributed by atoms with Crippen LogP contribution >= 0.6 is 11.6 Å². The van der Waals surface area contributed by atoms with Crippen LogP contribution in [0.4, 0.5) is 0 Å². The highest BCUT2D eigenvalue weighted by molar-refractivity contribution is 6.31. The van der Waals surface area contributed by atoms with Gasteiger partial charge >= 0.3 is 0 Å². The van der Waals surface area contributed by atoms with Crippen molar-refractivity contribution in [1.82, 2.24) is 20.1 Å². The summed E-state index contributed by atoms with van der Waals surface area (Å²) in [7, 11) is 0. The van der Waals surface area contributed by atoms with E-state index in [0.717, 1.165) is 34.9 Å². The molecule has 0 saturated carbocycles. The fraction of sp³-hybridized carbons (Fsp3) is 0.240. The van der Waals surface area contributed by atoms with E-state index in [1.165, 1.54) is 16.8 Å². The van der Waals surface area contributed by atoms with E-state index >= 15 is 0 Å². The van der Waals surface area contributed by atoms with Crippen molar-refractivity contribution >= 4 is 28.4 Å². The molecule has 1 amide bonds. The van der Waals surface area contributed by atoms with Gasteiger partial charge in [0.15, 0.2) is 0 Å². The van der Waals surface area contributed by atoms with E-state index in [1.54, 1.807) is 0 Å². The lowest BCUT2D eigenvalue weighted by Crippen LogP contribution is -2.32. The number of halogens is 1. The predicted molar refractivity (Wildman–Crippen MR) is 127 cm³/mol. The summed E-state index contributed by atoms with van der Waals surface area (Å²) in [5, 5.41) is 8.97. The number of amides is 1. The average molecular weight is 449 g/mol. The number of hydrogen-bond donors (Lipinski definition) is 2. The Kier molecular flexibility index (Phi) is 6.71. The third kappa shape index (κ3) is 4.60. The number of nitrogens with zero attached hydrogens (tertiary/aromatic N) is 2. The van der Waals surface area contributed by atoms with Gasteiger partial charge in [0.1, 0.15) is 5.69 Å². The van der Waals surface area contributed by atoms with Crippen molar-refractivity contribution in [2.45, 2.75) is 32.2 Å². The Hall–Kier alpha value is -3.38. The summed E-state index contributed by atoms with van der Waals surface area (Å²) in [6.07, 6.45) is 3.73. The zero-order valence-corrected chi connectivity index (χ0v) is 18.6. The van der Waals surface area contributed by atoms with Gasteiger partial charge in [-0.2, -0.15) is 5.10 Å². The first kappa shape index (κ1) is 21.8. The number of carbonyl (C=O) groups excluding carboxylic acids is 1. The second-order valence-electron chi connectivity index (χ2n) is 7.71. The highest BCUT2D eigenvalue weighted by atomic mass is 35.5. The molecule has 0 saturated heterocycles. The number of H-pyrrole nitrogens is 1. The Morgan fingerprint density at radius 3 is 2.69 bits per heavy atom. The van der Waals surface area contributed by atoms with Crippen LogP contribution in [0.15, 0.2) is 71.7 Å². The molecule has 0 aliphatic rings. The van der Waals surface area contributed by atoms with E-state index in [4.69, 9.17) is 11.6 Å². The fourth-order valence-corrected chi connectivity index (χ4v) is 4.12. The molecule has 1 unspecified atom stereocenters. The van der Waals surface area contributed by atoms with Crippen molar-refractivity contribution in [2.24, 2.45) is 0 Å². The van der Waals surface area contributed by atoms with Gasteiger partial charge in [-0.3, -0.25) is 9.59 Å². The number of hydrogen-bond acceptors (Lipinski definition) is 3. The van der Waals surface area contributed by atoms with Crippen LogP contribution in [0.25, 0.3) is 10.9 Å². The molecular formula is C25H25ClN4O2. The summed E-state index contributed by atoms with van der Waals surface area (Å²) in [5.74, 6) is -0.484. The average Bonchev–Trinajstić information content (AvgIpc) is 3.23. The number of aryl methyl sites for hydroxylation is 1. The van der Waals surface area contributed by atoms with Gasteiger partial charge in [0.2, 0.25) is 0 Å². The molecule has 0 bridgehead atoms. The molecule has 2 aromatic carbocycles. The van der Waals surface area contributed by atoms with E-state index in [-0.39, 0.29) is 23.1 Å². The highest BCUT2D eigenvalue weighted by Gasteiger charge is 2.22. The summed E-state index contributed by atoms with van der Waals surface area (Å²) >= 11 is 6.53. The molecule has 0 aliphatic heterocycles. The van der Waals surface area contributed by atoms with E-state index < -0.39 is 0 Å². The lowest BCUT2D eigenvalue weighted by atomic mass is 9.90. The second-order valence-corrected chi connectivity index (χ2v) is 8.11. The third-order valence-electron chi connectivity index (χ3n) is 5.57. The summed E-state index contributed by atoms with van der Waals surface area (Å²) in [6, 6.07) is 18.6. The molecule has 0 fully saturated rings. The number of para-hydroxylation sites is 1. The molecule has 4 rings (SSSR count). The first-order valence-corrected chi connectivity index (χ1v) is 11.1. The summed E-state index contributed by atoms with van der Waals surface area (Å²) < 4.78 is 1.35. The molecule has 4 aromatic rings. The summed E-state index contributed by atoms with van der Waals surface area (Å²) in [4.78, 5) is 28.2. The molecular weight excluding hydrogens is 424 g/mol. The summed E-state index contributed by atoms with van der Waals surface area (Å²) in [5.41, 5.74) is 3.02. The van der Waals surface area contributed by atoms with E-state index in [2.05, 4.69) is 21.5 Å². The van der Waals surface area contributed by atoms with E-state index in [0.29, 0.717) is 18.1 Å². The molecule has 2 N–H and O–H groups in total. The zero-order valence-electron chi connectivity index (χ0n) is 17.8. The Balaban J connectivity index is 1.62. The minimum atomic E-state index is -0.327. The molecule has 0 aliphatic carbocycles. The summed E-state index contributed by atoms with van der Waals surface area (Å²) in [6.45, 7) is 2.87. The molecule has 0 radical (unpaired) electrons. The molecule has 1 atom stereocenters. The van der Waals surface area contributed by atoms with Gasteiger partial charge in [0.05, 0.1) is 0 Å². The Labute approximate surface area is 191 Å². The first-order chi connectivity index (χ1) is 15.6. The van der Waals surface area contributed by atoms with Crippen molar-refractivity contribution in [3.05, 3.63) is 99.1 Å². The number of aromatic nitrogens is 3. The smallest absolute Gasteiger partial charge is 0.271 e. The number of fused-ring (bicyclic) bond motifs is 1. The number of nitrogens with one attached hydrogen (secondary N) is 2. The van der Waals surface area contributed by atoms with E-state index in [1.807, 2.05) is 55.6 Å². The molecule has 2 aromatic heterocycles. The quantitative estimate of drug-likeness (QED) is 0.408. The van der Waals surface area contributed by atoms with Crippen LogP contribution in [0.1, 0.15) is 47.3 Å². The van der Waals surface area contributed by atoms with Crippen LogP contribution in [0.3, 0.4) is 0 Å². The van der Waals surface area contributed by atoms with Gasteiger partial charge < -0.3 is 10.3 Å². The minimum Gasteiger partial charge on any atom is -0.361 e. The fourth-order valence-electron chi connectivity index (χ4n) is 3.85. The van der Waals surface area contributed by atoms with Crippen LogP contribution in [0.5, 0.6) is 0 Å². The number of benzene rings is 2. The number of unbranched alkanes of at least 4 members (excludes halogenated alkanes) is 1. The van der Waals surface area contributed by atoms with Crippen molar-refractivity contribution in [3.8, 4) is 0 Å². The van der Waals surface area contributed by atoms with Gasteiger partial charge in [-0.1, -0.05) is 61.3 Å². The molecule has 2 heterocycles. The maximum atomic E-state index is 12.9. The highest BCUT2D eigenvalue weighted by Crippen LogP contribution is 2.34.